The van der Waals surface area contributed by atoms with Crippen LogP contribution in [0.5, 0.6) is 0 Å². The van der Waals surface area contributed by atoms with E-state index in [1.54, 1.807) is 92.8 Å². The van der Waals surface area contributed by atoms with Crippen molar-refractivity contribution in [2.24, 2.45) is 17.8 Å². The number of carbonyl (C=O) groups excluding carboxylic acids is 2. The van der Waals surface area contributed by atoms with Gasteiger partial charge in [-0.15, -0.1) is 0 Å². The van der Waals surface area contributed by atoms with Crippen LogP contribution in [-0.4, -0.2) is 232 Å². The average molecular weight is 1100 g/mol. The molecule has 438 valence electrons. The number of aliphatic hydroxyl groups is 14. The highest BCUT2D eigenvalue weighted by atomic mass is 16.7. The summed E-state index contributed by atoms with van der Waals surface area (Å²) in [6.07, 6.45) is -5.74. The van der Waals surface area contributed by atoms with Crippen molar-refractivity contribution in [3.63, 3.8) is 0 Å². The summed E-state index contributed by atoms with van der Waals surface area (Å²) in [6, 6.07) is -1.33. The molecule has 2 bridgehead atoms. The molecular weight excluding hydrogens is 1010 g/mol. The number of carbonyl (C=O) groups is 2. The zero-order valence-corrected chi connectivity index (χ0v) is 44.3. The molecule has 0 spiro atoms. The Hall–Kier alpha value is -3.64. The largest absolute Gasteiger partial charge is 0.469 e. The minimum absolute atomic E-state index is 0.145. The molecule has 4 rings (SSSR count). The van der Waals surface area contributed by atoms with Crippen LogP contribution in [0, 0.1) is 17.8 Å². The lowest BCUT2D eigenvalue weighted by molar-refractivity contribution is -0.322. The van der Waals surface area contributed by atoms with Crippen molar-refractivity contribution in [3.05, 3.63) is 85.1 Å². The number of hydrogen-bond donors (Lipinski definition) is 15. The van der Waals surface area contributed by atoms with E-state index in [0.717, 1.165) is 7.11 Å². The van der Waals surface area contributed by atoms with Crippen LogP contribution in [0.1, 0.15) is 72.6 Å². The van der Waals surface area contributed by atoms with Gasteiger partial charge in [0.2, 0.25) is 5.79 Å². The lowest BCUT2D eigenvalue weighted by Gasteiger charge is -2.46. The molecule has 3 saturated heterocycles. The smallest absolute Gasteiger partial charge is 0.313 e. The minimum Gasteiger partial charge on any atom is -0.469 e. The molecule has 24 atom stereocenters. The van der Waals surface area contributed by atoms with Gasteiger partial charge in [0.05, 0.1) is 106 Å². The van der Waals surface area contributed by atoms with Crippen LogP contribution in [0.2, 0.25) is 0 Å². The molecular formula is C54H85NO22. The molecule has 1 unspecified atom stereocenters. The molecule has 0 amide bonds. The lowest BCUT2D eigenvalue weighted by Crippen LogP contribution is -2.69. The molecule has 4 heterocycles. The Morgan fingerprint density at radius 1 is 0.610 bits per heavy atom. The fourth-order valence-corrected chi connectivity index (χ4v) is 9.50. The molecule has 0 aromatic heterocycles. The monoisotopic (exact) mass is 1100 g/mol. The van der Waals surface area contributed by atoms with Gasteiger partial charge in [0.25, 0.3) is 0 Å². The lowest BCUT2D eigenvalue weighted by atomic mass is 9.83. The molecule has 4 aliphatic rings. The van der Waals surface area contributed by atoms with Crippen molar-refractivity contribution in [1.82, 2.24) is 5.32 Å². The predicted molar refractivity (Wildman–Crippen MR) is 274 cm³/mol. The Kier molecular flexibility index (Phi) is 27.3. The van der Waals surface area contributed by atoms with Crippen LogP contribution >= 0.6 is 0 Å². The maximum Gasteiger partial charge on any atom is 0.313 e. The van der Waals surface area contributed by atoms with Crippen LogP contribution < -0.4 is 5.32 Å². The van der Waals surface area contributed by atoms with Gasteiger partial charge in [-0.25, -0.2) is 0 Å². The number of nitrogens with one attached hydrogen (secondary N) is 1. The van der Waals surface area contributed by atoms with Gasteiger partial charge in [-0.3, -0.25) is 9.59 Å². The van der Waals surface area contributed by atoms with Gasteiger partial charge >= 0.3 is 11.9 Å². The van der Waals surface area contributed by atoms with Crippen LogP contribution in [0.15, 0.2) is 85.1 Å². The van der Waals surface area contributed by atoms with Gasteiger partial charge in [-0.1, -0.05) is 98.9 Å². The first-order chi connectivity index (χ1) is 36.4. The second-order valence-corrected chi connectivity index (χ2v) is 20.6. The summed E-state index contributed by atoms with van der Waals surface area (Å²) in [5.41, 5.74) is 0. The molecule has 0 radical (unpaired) electrons. The number of esters is 2. The van der Waals surface area contributed by atoms with Gasteiger partial charge in [0.15, 0.2) is 6.29 Å². The predicted octanol–water partition coefficient (Wildman–Crippen LogP) is -2.12. The number of cyclic esters (lactones) is 1. The van der Waals surface area contributed by atoms with Crippen molar-refractivity contribution < 1.29 is 110 Å². The topological polar surface area (TPSA) is 385 Å². The summed E-state index contributed by atoms with van der Waals surface area (Å²) in [7, 11) is 1.09. The number of allylic oxidation sites excluding steroid dienone is 12. The third-order valence-corrected chi connectivity index (χ3v) is 14.5. The zero-order chi connectivity index (χ0) is 57.1. The summed E-state index contributed by atoms with van der Waals surface area (Å²) >= 11 is 0. The van der Waals surface area contributed by atoms with E-state index >= 15 is 0 Å². The quantitative estimate of drug-likeness (QED) is 0.127. The molecule has 23 heteroatoms. The van der Waals surface area contributed by atoms with Crippen molar-refractivity contribution in [3.8, 4) is 0 Å². The Bertz CT molecular complexity index is 2000. The summed E-state index contributed by atoms with van der Waals surface area (Å²) in [4.78, 5) is 26.0. The highest BCUT2D eigenvalue weighted by Crippen LogP contribution is 2.35. The number of rotatable bonds is 6. The van der Waals surface area contributed by atoms with E-state index in [9.17, 15) is 81.1 Å². The van der Waals surface area contributed by atoms with Gasteiger partial charge in [-0.2, -0.15) is 0 Å². The van der Waals surface area contributed by atoms with Gasteiger partial charge < -0.3 is 105 Å². The van der Waals surface area contributed by atoms with Crippen LogP contribution in [0.4, 0.5) is 0 Å². The summed E-state index contributed by atoms with van der Waals surface area (Å²) in [5, 5.41) is 155. The molecule has 77 heavy (non-hydrogen) atoms. The maximum atomic E-state index is 13.3. The SMILES string of the molecule is COC(=O)[C@H]1[C@@H]2C[C@@H](O[C@@H]3O[C@H](C)[C@@H](O)[C@H](NC[C@@]4(O)OC[C@@H](O)[C@H](O)[C@@H]4O)[C@@H]3O)/C=C/C=C/C=C/C=C/C=C/C=C/C=C\[C@H](C)[C@@H](O)[C@@H](C)[C@H](C)OC(=O)C[C@H](O)C[C@H](O)CC[C@@H](O)[C@H](O)C[C@H](O)[C@@H](O)C(C[C@@H]1O)O2. The second kappa shape index (κ2) is 32.0. The maximum absolute atomic E-state index is 13.3. The van der Waals surface area contributed by atoms with E-state index in [2.05, 4.69) is 5.32 Å². The molecule has 23 nitrogen and oxygen atoms in total. The van der Waals surface area contributed by atoms with Gasteiger partial charge in [0, 0.05) is 31.1 Å². The van der Waals surface area contributed by atoms with E-state index in [-0.39, 0.29) is 31.6 Å². The number of ether oxygens (including phenoxy) is 6. The number of aliphatic hydroxyl groups excluding tert-OH is 13. The summed E-state index contributed by atoms with van der Waals surface area (Å²) in [5.74, 6) is -6.28. The first-order valence-electron chi connectivity index (χ1n) is 26.2. The number of fused-ring (bicyclic) bond motifs is 2. The van der Waals surface area contributed by atoms with Crippen molar-refractivity contribution >= 4 is 11.9 Å². The van der Waals surface area contributed by atoms with E-state index in [1.807, 2.05) is 6.92 Å². The number of methoxy groups -OCH3 is 1. The first kappa shape index (κ1) is 65.9. The molecule has 0 saturated carbocycles. The Morgan fingerprint density at radius 2 is 1.21 bits per heavy atom. The van der Waals surface area contributed by atoms with E-state index in [4.69, 9.17) is 28.4 Å². The normalized spacial score (nSPS) is 46.3. The molecule has 0 aliphatic carbocycles. The van der Waals surface area contributed by atoms with E-state index < -0.39 is 184 Å². The van der Waals surface area contributed by atoms with E-state index in [1.165, 1.54) is 13.0 Å². The Morgan fingerprint density at radius 3 is 1.82 bits per heavy atom. The molecule has 3 fully saturated rings. The Balaban J connectivity index is 1.61. The third-order valence-electron chi connectivity index (χ3n) is 14.5. The molecule has 0 aromatic carbocycles. The van der Waals surface area contributed by atoms with Crippen LogP contribution in [0.25, 0.3) is 0 Å². The van der Waals surface area contributed by atoms with Crippen LogP contribution in [0.3, 0.4) is 0 Å². The highest BCUT2D eigenvalue weighted by Gasteiger charge is 2.52. The zero-order valence-electron chi connectivity index (χ0n) is 44.3. The van der Waals surface area contributed by atoms with E-state index in [0.29, 0.717) is 0 Å². The fraction of sp³-hybridized carbons (Fsp3) is 0.704. The van der Waals surface area contributed by atoms with Crippen molar-refractivity contribution in [2.75, 3.05) is 20.3 Å². The fourth-order valence-electron chi connectivity index (χ4n) is 9.50. The summed E-state index contributed by atoms with van der Waals surface area (Å²) in [6.45, 7) is 5.45. The van der Waals surface area contributed by atoms with Crippen molar-refractivity contribution in [1.29, 1.82) is 0 Å². The second-order valence-electron chi connectivity index (χ2n) is 20.6. The standard InChI is InChI=1S/C54H85NO22/c1-29-18-16-14-12-10-8-6-7-9-11-13-15-17-19-35(76-53-50(68)45(47(65)32(4)75-53)55-28-54(71)51(69)49(67)40(62)27-73-54)24-41-44(52(70)72-5)38(60)26-42(77-41)48(66)39(61)25-37(59)36(58)21-20-33(56)22-34(57)23-43(63)74-31(3)30(2)46(29)64/h6-19,29-42,44-51,53,55-62,64-69,71H,20-28H2,1-5H3/b7-6+,10-8+,11-9+,14-12+,15-13+,18-16-,19-17+/t29-,30-,31-,32+,33+,34+,35-,36+,37+,38-,39-,40+,41-,42?,44+,45-,46+,47+,48+,49-,50-,51-,53-,54+/m0/s1. The highest BCUT2D eigenvalue weighted by molar-refractivity contribution is 5.74. The van der Waals surface area contributed by atoms with Gasteiger partial charge in [-0.05, 0) is 33.1 Å². The first-order valence-corrected chi connectivity index (χ1v) is 26.2. The Labute approximate surface area is 449 Å². The average Bonchev–Trinajstić information content (AvgIpc) is 3.38. The third kappa shape index (κ3) is 19.8. The number of hydrogen-bond acceptors (Lipinski definition) is 23. The molecule has 15 N–H and O–H groups in total. The van der Waals surface area contributed by atoms with Crippen molar-refractivity contribution in [2.45, 2.75) is 201 Å². The molecule has 4 aliphatic heterocycles. The van der Waals surface area contributed by atoms with Crippen LogP contribution in [-0.2, 0) is 38.0 Å². The molecule has 0 aromatic rings. The van der Waals surface area contributed by atoms with Gasteiger partial charge in [0.1, 0.15) is 42.5 Å². The summed E-state index contributed by atoms with van der Waals surface area (Å²) < 4.78 is 34.2. The minimum atomic E-state index is -2.46.